The molecule has 0 radical (unpaired) electrons. The second kappa shape index (κ2) is 6.92. The number of rotatable bonds is 8. The highest BCUT2D eigenvalue weighted by molar-refractivity contribution is 7.89. The summed E-state index contributed by atoms with van der Waals surface area (Å²) in [7, 11) is -1.64. The van der Waals surface area contributed by atoms with Crippen molar-refractivity contribution in [2.24, 2.45) is 0 Å². The minimum absolute atomic E-state index is 0.114. The van der Waals surface area contributed by atoms with Crippen molar-refractivity contribution in [3.63, 3.8) is 0 Å². The Bertz CT molecular complexity index is 454. The molecule has 0 aromatic carbocycles. The van der Waals surface area contributed by atoms with E-state index in [0.29, 0.717) is 12.3 Å². The quantitative estimate of drug-likeness (QED) is 0.727. The summed E-state index contributed by atoms with van der Waals surface area (Å²) in [5.41, 5.74) is 0. The maximum Gasteiger partial charge on any atom is 0.215 e. The summed E-state index contributed by atoms with van der Waals surface area (Å²) in [6.45, 7) is 5.50. The Balaban J connectivity index is 2.46. The van der Waals surface area contributed by atoms with Gasteiger partial charge in [0.2, 0.25) is 10.0 Å². The van der Waals surface area contributed by atoms with Crippen molar-refractivity contribution in [1.82, 2.24) is 9.62 Å². The number of aryl methyl sites for hydroxylation is 1. The molecular weight excluding hydrogens is 252 g/mol. The molecule has 0 aliphatic carbocycles. The summed E-state index contributed by atoms with van der Waals surface area (Å²) in [4.78, 5) is 0. The van der Waals surface area contributed by atoms with Crippen LogP contribution in [0.15, 0.2) is 16.5 Å². The van der Waals surface area contributed by atoms with E-state index in [2.05, 4.69) is 5.32 Å². The second-order valence-corrected chi connectivity index (χ2v) is 6.53. The monoisotopic (exact) mass is 274 g/mol. The predicted octanol–water partition coefficient (Wildman–Crippen LogP) is 1.35. The molecule has 1 N–H and O–H groups in total. The van der Waals surface area contributed by atoms with E-state index < -0.39 is 10.0 Å². The van der Waals surface area contributed by atoms with Gasteiger partial charge >= 0.3 is 0 Å². The predicted molar refractivity (Wildman–Crippen MR) is 71.9 cm³/mol. The third kappa shape index (κ3) is 4.80. The molecule has 1 aromatic rings. The third-order valence-electron chi connectivity index (χ3n) is 2.61. The summed E-state index contributed by atoms with van der Waals surface area (Å²) in [5.74, 6) is 1.57. The molecule has 0 amide bonds. The molecule has 18 heavy (non-hydrogen) atoms. The maximum absolute atomic E-state index is 11.9. The van der Waals surface area contributed by atoms with Crippen LogP contribution >= 0.6 is 0 Å². The van der Waals surface area contributed by atoms with Crippen LogP contribution in [-0.2, 0) is 16.6 Å². The standard InChI is InChI=1S/C12H22N2O3S/c1-4-7-13-8-9-18(15,16)14(3)10-12-6-5-11(2)17-12/h5-6,13H,4,7-10H2,1-3H3. The minimum Gasteiger partial charge on any atom is -0.465 e. The van der Waals surface area contributed by atoms with Gasteiger partial charge in [-0.3, -0.25) is 0 Å². The van der Waals surface area contributed by atoms with Crippen molar-refractivity contribution in [1.29, 1.82) is 0 Å². The molecule has 0 bridgehead atoms. The summed E-state index contributed by atoms with van der Waals surface area (Å²) < 4.78 is 30.6. The molecule has 1 heterocycles. The summed E-state index contributed by atoms with van der Waals surface area (Å²) >= 11 is 0. The van der Waals surface area contributed by atoms with E-state index in [-0.39, 0.29) is 12.3 Å². The molecule has 104 valence electrons. The molecule has 1 aromatic heterocycles. The highest BCUT2D eigenvalue weighted by atomic mass is 32.2. The molecule has 0 fully saturated rings. The van der Waals surface area contributed by atoms with Gasteiger partial charge < -0.3 is 9.73 Å². The van der Waals surface area contributed by atoms with Crippen molar-refractivity contribution in [3.8, 4) is 0 Å². The van der Waals surface area contributed by atoms with Crippen LogP contribution in [-0.4, -0.2) is 38.6 Å². The van der Waals surface area contributed by atoms with Gasteiger partial charge in [-0.1, -0.05) is 6.92 Å². The average molecular weight is 274 g/mol. The minimum atomic E-state index is -3.22. The zero-order valence-corrected chi connectivity index (χ0v) is 12.1. The van der Waals surface area contributed by atoms with Crippen molar-refractivity contribution in [2.75, 3.05) is 25.9 Å². The Morgan fingerprint density at radius 3 is 2.61 bits per heavy atom. The van der Waals surface area contributed by atoms with Crippen molar-refractivity contribution < 1.29 is 12.8 Å². The van der Waals surface area contributed by atoms with Gasteiger partial charge in [-0.2, -0.15) is 4.31 Å². The summed E-state index contributed by atoms with van der Waals surface area (Å²) in [6, 6.07) is 3.63. The van der Waals surface area contributed by atoms with Crippen LogP contribution in [0.3, 0.4) is 0 Å². The van der Waals surface area contributed by atoms with Crippen LogP contribution < -0.4 is 5.32 Å². The Morgan fingerprint density at radius 2 is 2.06 bits per heavy atom. The third-order valence-corrected chi connectivity index (χ3v) is 4.41. The molecule has 1 rings (SSSR count). The zero-order valence-electron chi connectivity index (χ0n) is 11.3. The van der Waals surface area contributed by atoms with Crippen LogP contribution in [0, 0.1) is 6.92 Å². The first-order valence-corrected chi connectivity index (χ1v) is 7.76. The van der Waals surface area contributed by atoms with Gasteiger partial charge in [0.25, 0.3) is 0 Å². The van der Waals surface area contributed by atoms with E-state index in [0.717, 1.165) is 18.7 Å². The van der Waals surface area contributed by atoms with Gasteiger partial charge in [-0.15, -0.1) is 0 Å². The smallest absolute Gasteiger partial charge is 0.215 e. The average Bonchev–Trinajstić information content (AvgIpc) is 2.70. The van der Waals surface area contributed by atoms with E-state index in [1.54, 1.807) is 13.1 Å². The SMILES string of the molecule is CCCNCCS(=O)(=O)N(C)Cc1ccc(C)o1. The number of nitrogens with zero attached hydrogens (tertiary/aromatic N) is 1. The van der Waals surface area contributed by atoms with Gasteiger partial charge in [0.05, 0.1) is 12.3 Å². The van der Waals surface area contributed by atoms with Gasteiger partial charge in [0.15, 0.2) is 0 Å². The summed E-state index contributed by atoms with van der Waals surface area (Å²) in [5, 5.41) is 3.08. The Morgan fingerprint density at radius 1 is 1.33 bits per heavy atom. The highest BCUT2D eigenvalue weighted by Gasteiger charge is 2.18. The normalized spacial score (nSPS) is 12.2. The molecule has 0 saturated heterocycles. The lowest BCUT2D eigenvalue weighted by Gasteiger charge is -2.16. The van der Waals surface area contributed by atoms with E-state index in [9.17, 15) is 8.42 Å². The zero-order chi connectivity index (χ0) is 13.6. The first-order chi connectivity index (χ1) is 8.45. The van der Waals surface area contributed by atoms with Crippen LogP contribution in [0.2, 0.25) is 0 Å². The molecule has 0 unspecified atom stereocenters. The van der Waals surface area contributed by atoms with Gasteiger partial charge in [0.1, 0.15) is 11.5 Å². The molecule has 0 atom stereocenters. The first-order valence-electron chi connectivity index (χ1n) is 6.15. The van der Waals surface area contributed by atoms with Crippen molar-refractivity contribution in [3.05, 3.63) is 23.7 Å². The Labute approximate surface area is 109 Å². The molecule has 6 heteroatoms. The van der Waals surface area contributed by atoms with Gasteiger partial charge in [-0.25, -0.2) is 8.42 Å². The van der Waals surface area contributed by atoms with Crippen LogP contribution in [0.5, 0.6) is 0 Å². The Hall–Kier alpha value is -0.850. The summed E-state index contributed by atoms with van der Waals surface area (Å²) in [6.07, 6.45) is 1.00. The van der Waals surface area contributed by atoms with E-state index in [1.807, 2.05) is 19.9 Å². The Kier molecular flexibility index (Phi) is 5.84. The molecule has 0 spiro atoms. The second-order valence-electron chi connectivity index (χ2n) is 4.33. The van der Waals surface area contributed by atoms with Crippen molar-refractivity contribution in [2.45, 2.75) is 26.8 Å². The van der Waals surface area contributed by atoms with Crippen LogP contribution in [0.1, 0.15) is 24.9 Å². The lowest BCUT2D eigenvalue weighted by molar-refractivity contribution is 0.397. The number of hydrogen-bond acceptors (Lipinski definition) is 4. The van der Waals surface area contributed by atoms with Crippen molar-refractivity contribution >= 4 is 10.0 Å². The first kappa shape index (κ1) is 15.2. The van der Waals surface area contributed by atoms with E-state index in [1.165, 1.54) is 4.31 Å². The number of nitrogens with one attached hydrogen (secondary N) is 1. The molecule has 0 aliphatic heterocycles. The highest BCUT2D eigenvalue weighted by Crippen LogP contribution is 2.11. The fraction of sp³-hybridized carbons (Fsp3) is 0.667. The number of furan rings is 1. The van der Waals surface area contributed by atoms with E-state index in [4.69, 9.17) is 4.42 Å². The fourth-order valence-corrected chi connectivity index (χ4v) is 2.58. The number of sulfonamides is 1. The van der Waals surface area contributed by atoms with Crippen LogP contribution in [0.25, 0.3) is 0 Å². The van der Waals surface area contributed by atoms with E-state index >= 15 is 0 Å². The lowest BCUT2D eigenvalue weighted by atomic mass is 10.4. The number of hydrogen-bond donors (Lipinski definition) is 1. The lowest BCUT2D eigenvalue weighted by Crippen LogP contribution is -2.33. The molecule has 5 nitrogen and oxygen atoms in total. The molecular formula is C12H22N2O3S. The van der Waals surface area contributed by atoms with Gasteiger partial charge in [-0.05, 0) is 32.0 Å². The fourth-order valence-electron chi connectivity index (χ4n) is 1.55. The topological polar surface area (TPSA) is 62.6 Å². The molecule has 0 aliphatic rings. The van der Waals surface area contributed by atoms with Crippen LogP contribution in [0.4, 0.5) is 0 Å². The largest absolute Gasteiger partial charge is 0.465 e. The van der Waals surface area contributed by atoms with Gasteiger partial charge in [0, 0.05) is 13.6 Å². The maximum atomic E-state index is 11.9. The molecule has 0 saturated carbocycles.